The van der Waals surface area contributed by atoms with E-state index in [-0.39, 0.29) is 22.0 Å². The Morgan fingerprint density at radius 3 is 2.30 bits per heavy atom. The quantitative estimate of drug-likeness (QED) is 0.765. The van der Waals surface area contributed by atoms with E-state index in [0.29, 0.717) is 6.42 Å². The van der Waals surface area contributed by atoms with E-state index in [2.05, 4.69) is 15.4 Å². The van der Waals surface area contributed by atoms with Crippen molar-refractivity contribution in [1.82, 2.24) is 0 Å². The van der Waals surface area contributed by atoms with Gasteiger partial charge in [-0.15, -0.1) is 0 Å². The minimum Gasteiger partial charge on any atom is -0.465 e. The molecule has 2 N–H and O–H groups in total. The number of hydrogen-bond acceptors (Lipinski definition) is 4. The van der Waals surface area contributed by atoms with Gasteiger partial charge in [-0.25, -0.2) is 9.18 Å². The molecule has 0 aliphatic heterocycles. The normalized spacial score (nSPS) is 17.7. The van der Waals surface area contributed by atoms with Crippen molar-refractivity contribution in [2.24, 2.45) is 11.8 Å². The number of esters is 1. The first kappa shape index (κ1) is 18.8. The number of carbonyl (C=O) groups excluding carboxylic acids is 3. The summed E-state index contributed by atoms with van der Waals surface area (Å²) in [5, 5.41) is 5.36. The Labute approximate surface area is 159 Å². The topological polar surface area (TPSA) is 84.5 Å². The van der Waals surface area contributed by atoms with Gasteiger partial charge in [-0.2, -0.15) is 0 Å². The van der Waals surface area contributed by atoms with Gasteiger partial charge in [-0.1, -0.05) is 23.7 Å². The lowest BCUT2D eigenvalue weighted by molar-refractivity contribution is -0.122. The lowest BCUT2D eigenvalue weighted by Crippen LogP contribution is -2.21. The Morgan fingerprint density at radius 2 is 1.67 bits per heavy atom. The van der Waals surface area contributed by atoms with Crippen LogP contribution in [0.2, 0.25) is 5.02 Å². The summed E-state index contributed by atoms with van der Waals surface area (Å²) in [6.45, 7) is 0. The van der Waals surface area contributed by atoms with Crippen molar-refractivity contribution < 1.29 is 23.5 Å². The summed E-state index contributed by atoms with van der Waals surface area (Å²) < 4.78 is 18.2. The minimum atomic E-state index is -0.560. The second-order valence-corrected chi connectivity index (χ2v) is 6.50. The maximum Gasteiger partial charge on any atom is 0.337 e. The van der Waals surface area contributed by atoms with Crippen LogP contribution in [0.1, 0.15) is 16.8 Å². The van der Waals surface area contributed by atoms with Crippen LogP contribution >= 0.6 is 11.6 Å². The first-order valence-electron chi connectivity index (χ1n) is 8.15. The molecule has 1 fully saturated rings. The Morgan fingerprint density at radius 1 is 1.04 bits per heavy atom. The number of benzene rings is 2. The predicted octanol–water partition coefficient (Wildman–Crippen LogP) is 3.48. The van der Waals surface area contributed by atoms with Crippen molar-refractivity contribution in [3.63, 3.8) is 0 Å². The molecule has 140 valence electrons. The third-order valence-corrected chi connectivity index (χ3v) is 4.57. The molecule has 2 amide bonds. The van der Waals surface area contributed by atoms with Gasteiger partial charge >= 0.3 is 5.97 Å². The van der Waals surface area contributed by atoms with E-state index in [4.69, 9.17) is 11.6 Å². The standard InChI is InChI=1S/C19H16ClFN2O4/c1-27-19(26)10-6-7-13(20)16(8-10)23-18(25)12-9-11(12)17(24)22-15-5-3-2-4-14(15)21/h2-8,11-12H,9H2,1H3,(H,22,24)(H,23,25). The van der Waals surface area contributed by atoms with Crippen molar-refractivity contribution in [3.05, 3.63) is 58.9 Å². The van der Waals surface area contributed by atoms with E-state index in [0.717, 1.165) is 0 Å². The van der Waals surface area contributed by atoms with Crippen LogP contribution in [0.25, 0.3) is 0 Å². The zero-order valence-electron chi connectivity index (χ0n) is 14.3. The van der Waals surface area contributed by atoms with Crippen LogP contribution in [-0.2, 0) is 14.3 Å². The van der Waals surface area contributed by atoms with Gasteiger partial charge in [0.15, 0.2) is 0 Å². The van der Waals surface area contributed by atoms with Crippen molar-refractivity contribution in [1.29, 1.82) is 0 Å². The highest BCUT2D eigenvalue weighted by molar-refractivity contribution is 6.34. The van der Waals surface area contributed by atoms with Gasteiger partial charge in [-0.05, 0) is 36.8 Å². The van der Waals surface area contributed by atoms with Crippen LogP contribution in [0.15, 0.2) is 42.5 Å². The molecule has 2 aromatic carbocycles. The van der Waals surface area contributed by atoms with E-state index >= 15 is 0 Å². The molecule has 0 aromatic heterocycles. The maximum atomic E-state index is 13.6. The van der Waals surface area contributed by atoms with Crippen LogP contribution in [-0.4, -0.2) is 24.9 Å². The lowest BCUT2D eigenvalue weighted by atomic mass is 10.2. The van der Waals surface area contributed by atoms with Crippen molar-refractivity contribution in [2.75, 3.05) is 17.7 Å². The number of nitrogens with one attached hydrogen (secondary N) is 2. The number of amides is 2. The van der Waals surface area contributed by atoms with Crippen LogP contribution in [0.3, 0.4) is 0 Å². The molecule has 0 bridgehead atoms. The van der Waals surface area contributed by atoms with Crippen molar-refractivity contribution in [3.8, 4) is 0 Å². The second kappa shape index (κ2) is 7.75. The fourth-order valence-corrected chi connectivity index (χ4v) is 2.82. The highest BCUT2D eigenvalue weighted by Crippen LogP contribution is 2.41. The maximum absolute atomic E-state index is 13.6. The Kier molecular flexibility index (Phi) is 5.41. The first-order chi connectivity index (χ1) is 12.9. The molecule has 1 aliphatic rings. The average Bonchev–Trinajstić information content (AvgIpc) is 3.46. The molecule has 0 heterocycles. The van der Waals surface area contributed by atoms with Gasteiger partial charge in [0.2, 0.25) is 11.8 Å². The molecule has 6 nitrogen and oxygen atoms in total. The molecule has 3 rings (SSSR count). The van der Waals surface area contributed by atoms with Gasteiger partial charge in [0.05, 0.1) is 40.9 Å². The largest absolute Gasteiger partial charge is 0.465 e. The number of rotatable bonds is 5. The zero-order chi connectivity index (χ0) is 19.6. The average molecular weight is 391 g/mol. The number of para-hydroxylation sites is 1. The first-order valence-corrected chi connectivity index (χ1v) is 8.52. The van der Waals surface area contributed by atoms with Crippen LogP contribution in [0, 0.1) is 17.7 Å². The van der Waals surface area contributed by atoms with Crippen LogP contribution in [0.4, 0.5) is 15.8 Å². The third kappa shape index (κ3) is 4.25. The number of anilines is 2. The number of carbonyl (C=O) groups is 3. The van der Waals surface area contributed by atoms with Gasteiger partial charge in [-0.3, -0.25) is 9.59 Å². The smallest absolute Gasteiger partial charge is 0.337 e. The fourth-order valence-electron chi connectivity index (χ4n) is 2.65. The zero-order valence-corrected chi connectivity index (χ0v) is 15.0. The number of hydrogen-bond donors (Lipinski definition) is 2. The van der Waals surface area contributed by atoms with E-state index in [1.807, 2.05) is 0 Å². The van der Waals surface area contributed by atoms with Crippen molar-refractivity contribution >= 4 is 40.8 Å². The summed E-state index contributed by atoms with van der Waals surface area (Å²) in [6, 6.07) is 10.2. The molecule has 2 aromatic rings. The third-order valence-electron chi connectivity index (χ3n) is 4.24. The molecule has 0 radical (unpaired) electrons. The van der Waals surface area contributed by atoms with E-state index in [9.17, 15) is 18.8 Å². The molecule has 27 heavy (non-hydrogen) atoms. The Hall–Kier alpha value is -2.93. The molecule has 8 heteroatoms. The predicted molar refractivity (Wildman–Crippen MR) is 98.0 cm³/mol. The molecule has 0 spiro atoms. The van der Waals surface area contributed by atoms with E-state index in [1.165, 1.54) is 43.5 Å². The summed E-state index contributed by atoms with van der Waals surface area (Å²) in [5.41, 5.74) is 0.564. The highest BCUT2D eigenvalue weighted by Gasteiger charge is 2.48. The van der Waals surface area contributed by atoms with Crippen molar-refractivity contribution in [2.45, 2.75) is 6.42 Å². The Bertz CT molecular complexity index is 918. The molecule has 2 atom stereocenters. The monoisotopic (exact) mass is 390 g/mol. The van der Waals surface area contributed by atoms with Gasteiger partial charge < -0.3 is 15.4 Å². The molecule has 2 unspecified atom stereocenters. The second-order valence-electron chi connectivity index (χ2n) is 6.09. The summed E-state index contributed by atoms with van der Waals surface area (Å²) in [6.07, 6.45) is 0.348. The van der Waals surface area contributed by atoms with Gasteiger partial charge in [0, 0.05) is 0 Å². The summed E-state index contributed by atoms with van der Waals surface area (Å²) in [4.78, 5) is 36.2. The summed E-state index contributed by atoms with van der Waals surface area (Å²) >= 11 is 6.05. The number of halogens is 2. The van der Waals surface area contributed by atoms with E-state index in [1.54, 1.807) is 6.07 Å². The summed E-state index contributed by atoms with van der Waals surface area (Å²) in [5.74, 6) is -3.02. The highest BCUT2D eigenvalue weighted by atomic mass is 35.5. The van der Waals surface area contributed by atoms with Gasteiger partial charge in [0.1, 0.15) is 5.82 Å². The molecule has 0 saturated heterocycles. The van der Waals surface area contributed by atoms with Gasteiger partial charge in [0.25, 0.3) is 0 Å². The fraction of sp³-hybridized carbons (Fsp3) is 0.211. The van der Waals surface area contributed by atoms with E-state index < -0.39 is 35.4 Å². The molecular weight excluding hydrogens is 375 g/mol. The molecule has 1 saturated carbocycles. The van der Waals surface area contributed by atoms with Crippen LogP contribution in [0.5, 0.6) is 0 Å². The molecule has 1 aliphatic carbocycles. The lowest BCUT2D eigenvalue weighted by Gasteiger charge is -2.09. The summed E-state index contributed by atoms with van der Waals surface area (Å²) in [7, 11) is 1.25. The number of methoxy groups -OCH3 is 1. The SMILES string of the molecule is COC(=O)c1ccc(Cl)c(NC(=O)C2CC2C(=O)Nc2ccccc2F)c1. The van der Waals surface area contributed by atoms with Crippen LogP contribution < -0.4 is 10.6 Å². The minimum absolute atomic E-state index is 0.0716. The number of ether oxygens (including phenoxy) is 1. The molecular formula is C19H16ClFN2O4. The Balaban J connectivity index is 1.63.